The molecule has 0 spiro atoms. The van der Waals surface area contributed by atoms with Crippen LogP contribution >= 0.6 is 12.4 Å². The van der Waals surface area contributed by atoms with E-state index in [1.165, 1.54) is 18.2 Å². The average Bonchev–Trinajstić information content (AvgIpc) is 3.17. The van der Waals surface area contributed by atoms with Gasteiger partial charge in [-0.2, -0.15) is 0 Å². The van der Waals surface area contributed by atoms with Gasteiger partial charge in [-0.25, -0.2) is 0 Å². The van der Waals surface area contributed by atoms with E-state index in [0.29, 0.717) is 30.5 Å². The first kappa shape index (κ1) is 22.4. The first-order valence-electron chi connectivity index (χ1n) is 9.06. The quantitative estimate of drug-likeness (QED) is 0.543. The van der Waals surface area contributed by atoms with Crippen LogP contribution in [0.4, 0.5) is 5.69 Å². The van der Waals surface area contributed by atoms with E-state index < -0.39 is 4.92 Å². The molecule has 2 aromatic rings. The number of benzene rings is 2. The van der Waals surface area contributed by atoms with Crippen LogP contribution in [-0.2, 0) is 0 Å². The van der Waals surface area contributed by atoms with Crippen molar-refractivity contribution in [3.05, 3.63) is 58.1 Å². The lowest BCUT2D eigenvalue weighted by Gasteiger charge is -2.19. The Morgan fingerprint density at radius 3 is 2.55 bits per heavy atom. The molecule has 0 saturated carbocycles. The second-order valence-electron chi connectivity index (χ2n) is 6.68. The molecule has 0 aromatic heterocycles. The molecule has 156 valence electrons. The maximum atomic E-state index is 13.1. The molecule has 1 fully saturated rings. The summed E-state index contributed by atoms with van der Waals surface area (Å²) in [4.78, 5) is 25.5. The highest BCUT2D eigenvalue weighted by Crippen LogP contribution is 2.31. The zero-order valence-corrected chi connectivity index (χ0v) is 17.1. The fourth-order valence-electron chi connectivity index (χ4n) is 3.30. The van der Waals surface area contributed by atoms with Crippen LogP contribution in [-0.4, -0.2) is 49.5 Å². The van der Waals surface area contributed by atoms with Crippen molar-refractivity contribution >= 4 is 24.0 Å². The fraction of sp³-hybridized carbons (Fsp3) is 0.350. The minimum Gasteiger partial charge on any atom is -0.497 e. The molecule has 0 radical (unpaired) electrons. The van der Waals surface area contributed by atoms with Crippen molar-refractivity contribution in [3.8, 4) is 17.2 Å². The summed E-state index contributed by atoms with van der Waals surface area (Å²) in [6, 6.07) is 11.0. The van der Waals surface area contributed by atoms with Gasteiger partial charge < -0.3 is 19.7 Å². The van der Waals surface area contributed by atoms with Gasteiger partial charge in [0, 0.05) is 25.2 Å². The molecule has 1 atom stereocenters. The Morgan fingerprint density at radius 2 is 1.93 bits per heavy atom. The molecule has 1 heterocycles. The summed E-state index contributed by atoms with van der Waals surface area (Å²) in [6.45, 7) is 2.06. The van der Waals surface area contributed by atoms with Crippen LogP contribution in [0.25, 0.3) is 0 Å². The largest absolute Gasteiger partial charge is 0.497 e. The smallest absolute Gasteiger partial charge is 0.270 e. The molecule has 0 aliphatic carbocycles. The second kappa shape index (κ2) is 10.1. The van der Waals surface area contributed by atoms with E-state index in [0.717, 1.165) is 13.0 Å². The maximum absolute atomic E-state index is 13.1. The van der Waals surface area contributed by atoms with Crippen LogP contribution in [0.5, 0.6) is 17.2 Å². The number of ether oxygens (including phenoxy) is 2. The molecule has 29 heavy (non-hydrogen) atoms. The molecule has 1 saturated heterocycles. The molecule has 3 rings (SSSR count). The van der Waals surface area contributed by atoms with E-state index in [4.69, 9.17) is 9.47 Å². The number of amides is 1. The lowest BCUT2D eigenvalue weighted by atomic mass is 10.1. The molecule has 1 N–H and O–H groups in total. The Hall–Kier alpha value is -2.84. The zero-order chi connectivity index (χ0) is 20.1. The Bertz CT molecular complexity index is 860. The summed E-state index contributed by atoms with van der Waals surface area (Å²) in [5.41, 5.74) is 0.0477. The van der Waals surface area contributed by atoms with Crippen molar-refractivity contribution in [1.82, 2.24) is 10.2 Å². The third-order valence-corrected chi connectivity index (χ3v) is 4.76. The van der Waals surface area contributed by atoms with Crippen LogP contribution in [0.2, 0.25) is 0 Å². The monoisotopic (exact) mass is 421 g/mol. The fourth-order valence-corrected chi connectivity index (χ4v) is 3.30. The van der Waals surface area contributed by atoms with Gasteiger partial charge in [-0.05, 0) is 56.3 Å². The van der Waals surface area contributed by atoms with Crippen molar-refractivity contribution in [2.75, 3.05) is 33.8 Å². The van der Waals surface area contributed by atoms with E-state index in [9.17, 15) is 14.9 Å². The highest BCUT2D eigenvalue weighted by molar-refractivity contribution is 5.98. The number of rotatable bonds is 7. The van der Waals surface area contributed by atoms with Gasteiger partial charge >= 0.3 is 0 Å². The van der Waals surface area contributed by atoms with Crippen molar-refractivity contribution in [3.63, 3.8) is 0 Å². The summed E-state index contributed by atoms with van der Waals surface area (Å²) in [7, 11) is 3.45. The van der Waals surface area contributed by atoms with Gasteiger partial charge in [-0.3, -0.25) is 14.9 Å². The van der Waals surface area contributed by atoms with E-state index in [2.05, 4.69) is 5.32 Å². The highest BCUT2D eigenvalue weighted by atomic mass is 35.5. The number of non-ortho nitro benzene ring substituents is 1. The number of nitro benzene ring substituents is 1. The van der Waals surface area contributed by atoms with Crippen LogP contribution in [0.3, 0.4) is 0 Å². The first-order chi connectivity index (χ1) is 13.5. The van der Waals surface area contributed by atoms with Crippen molar-refractivity contribution in [2.24, 2.45) is 5.92 Å². The van der Waals surface area contributed by atoms with Crippen LogP contribution in [0, 0.1) is 16.0 Å². The minimum absolute atomic E-state index is 0. The van der Waals surface area contributed by atoms with Gasteiger partial charge in [0.15, 0.2) is 0 Å². The van der Waals surface area contributed by atoms with Gasteiger partial charge in [0.25, 0.3) is 11.6 Å². The normalized spacial score (nSPS) is 15.5. The standard InChI is InChI=1S/C20H23N3O5.ClH/c1-21-12-14-9-10-22(13-14)20(24)18-11-15(23(25)26)3-8-19(18)28-17-6-4-16(27-2)5-7-17;/h3-8,11,14,21H,9-10,12-13H2,1-2H3;1H. The number of methoxy groups -OCH3 is 1. The molecule has 1 aliphatic heterocycles. The summed E-state index contributed by atoms with van der Waals surface area (Å²) in [5, 5.41) is 14.3. The number of carbonyl (C=O) groups is 1. The molecule has 1 amide bonds. The Kier molecular flexibility index (Phi) is 7.81. The molecule has 2 aromatic carbocycles. The minimum atomic E-state index is -0.512. The molecule has 0 bridgehead atoms. The third-order valence-electron chi connectivity index (χ3n) is 4.76. The Labute approximate surface area is 175 Å². The van der Waals surface area contributed by atoms with Crippen molar-refractivity contribution < 1.29 is 19.2 Å². The summed E-state index contributed by atoms with van der Waals surface area (Å²) in [6.07, 6.45) is 0.899. The number of nitro groups is 1. The number of nitrogens with zero attached hydrogens (tertiary/aromatic N) is 2. The first-order valence-corrected chi connectivity index (χ1v) is 9.06. The average molecular weight is 422 g/mol. The number of carbonyl (C=O) groups excluding carboxylic acids is 1. The number of hydrogen-bond donors (Lipinski definition) is 1. The molecule has 9 heteroatoms. The topological polar surface area (TPSA) is 93.9 Å². The lowest BCUT2D eigenvalue weighted by Crippen LogP contribution is -2.30. The van der Waals surface area contributed by atoms with Crippen LogP contribution in [0.1, 0.15) is 16.8 Å². The van der Waals surface area contributed by atoms with E-state index in [-0.39, 0.29) is 35.3 Å². The predicted octanol–water partition coefficient (Wildman–Crippen LogP) is 3.50. The van der Waals surface area contributed by atoms with Crippen molar-refractivity contribution in [2.45, 2.75) is 6.42 Å². The molecule has 1 unspecified atom stereocenters. The van der Waals surface area contributed by atoms with E-state index in [1.807, 2.05) is 7.05 Å². The zero-order valence-electron chi connectivity index (χ0n) is 16.3. The maximum Gasteiger partial charge on any atom is 0.270 e. The number of halogens is 1. The van der Waals surface area contributed by atoms with Crippen LogP contribution < -0.4 is 14.8 Å². The summed E-state index contributed by atoms with van der Waals surface area (Å²) in [5.74, 6) is 1.60. The summed E-state index contributed by atoms with van der Waals surface area (Å²) >= 11 is 0. The third kappa shape index (κ3) is 5.36. The Morgan fingerprint density at radius 1 is 1.24 bits per heavy atom. The second-order valence-corrected chi connectivity index (χ2v) is 6.68. The lowest BCUT2D eigenvalue weighted by molar-refractivity contribution is -0.384. The van der Waals surface area contributed by atoms with E-state index >= 15 is 0 Å². The molecule has 1 aliphatic rings. The molecular weight excluding hydrogens is 398 g/mol. The van der Waals surface area contributed by atoms with Gasteiger partial charge in [0.05, 0.1) is 17.6 Å². The van der Waals surface area contributed by atoms with Gasteiger partial charge in [0.1, 0.15) is 17.2 Å². The van der Waals surface area contributed by atoms with E-state index in [1.54, 1.807) is 36.3 Å². The van der Waals surface area contributed by atoms with Gasteiger partial charge in [-0.15, -0.1) is 12.4 Å². The highest BCUT2D eigenvalue weighted by Gasteiger charge is 2.29. The van der Waals surface area contributed by atoms with Crippen molar-refractivity contribution in [1.29, 1.82) is 0 Å². The number of hydrogen-bond acceptors (Lipinski definition) is 6. The number of nitrogens with one attached hydrogen (secondary N) is 1. The molecular formula is C20H24ClN3O5. The number of likely N-dealkylation sites (tertiary alicyclic amines) is 1. The van der Waals surface area contributed by atoms with Gasteiger partial charge in [-0.1, -0.05) is 0 Å². The summed E-state index contributed by atoms with van der Waals surface area (Å²) < 4.78 is 11.0. The van der Waals surface area contributed by atoms with Gasteiger partial charge in [0.2, 0.25) is 0 Å². The predicted molar refractivity (Wildman–Crippen MR) is 111 cm³/mol. The SMILES string of the molecule is CNCC1CCN(C(=O)c2cc([N+](=O)[O-])ccc2Oc2ccc(OC)cc2)C1.Cl. The molecule has 8 nitrogen and oxygen atoms in total. The van der Waals surface area contributed by atoms with Crippen LogP contribution in [0.15, 0.2) is 42.5 Å². The Balaban J connectivity index is 0.00000300.